The molecule has 0 radical (unpaired) electrons. The van der Waals surface area contributed by atoms with Crippen molar-refractivity contribution in [2.24, 2.45) is 0 Å². The van der Waals surface area contributed by atoms with E-state index >= 15 is 0 Å². The number of anilines is 1. The average molecular weight is 284 g/mol. The number of benzene rings is 2. The first-order chi connectivity index (χ1) is 10.0. The van der Waals surface area contributed by atoms with Gasteiger partial charge in [-0.15, -0.1) is 0 Å². The second-order valence-electron chi connectivity index (χ2n) is 5.08. The third kappa shape index (κ3) is 3.54. The minimum Gasteiger partial charge on any atom is -0.508 e. The molecule has 0 heterocycles. The predicted octanol–water partition coefficient (Wildman–Crippen LogP) is 3.23. The van der Waals surface area contributed by atoms with E-state index in [0.29, 0.717) is 5.56 Å². The molecule has 1 unspecified atom stereocenters. The van der Waals surface area contributed by atoms with Gasteiger partial charge in [-0.2, -0.15) is 0 Å². The van der Waals surface area contributed by atoms with E-state index < -0.39 is 0 Å². The van der Waals surface area contributed by atoms with Crippen LogP contribution < -0.4 is 10.6 Å². The second-order valence-corrected chi connectivity index (χ2v) is 5.08. The van der Waals surface area contributed by atoms with E-state index in [0.717, 1.165) is 16.8 Å². The van der Waals surface area contributed by atoms with Gasteiger partial charge in [0.2, 0.25) is 0 Å². The number of carbonyl (C=O) groups excluding carboxylic acids is 1. The molecule has 0 fully saturated rings. The molecular formula is C17H20N2O2. The SMILES string of the molecule is CNC(=O)c1ccc(NC(C)c2cc(C)ccc2O)cc1. The summed E-state index contributed by atoms with van der Waals surface area (Å²) in [5, 5.41) is 15.8. The predicted molar refractivity (Wildman–Crippen MR) is 84.7 cm³/mol. The molecule has 0 bridgehead atoms. The smallest absolute Gasteiger partial charge is 0.251 e. The number of carbonyl (C=O) groups is 1. The Kier molecular flexibility index (Phi) is 4.48. The van der Waals surface area contributed by atoms with Gasteiger partial charge in [0, 0.05) is 23.9 Å². The first-order valence-electron chi connectivity index (χ1n) is 6.89. The van der Waals surface area contributed by atoms with E-state index in [2.05, 4.69) is 10.6 Å². The van der Waals surface area contributed by atoms with E-state index in [1.54, 1.807) is 25.2 Å². The van der Waals surface area contributed by atoms with Gasteiger partial charge >= 0.3 is 0 Å². The molecule has 1 amide bonds. The van der Waals surface area contributed by atoms with Gasteiger partial charge in [0.15, 0.2) is 0 Å². The highest BCUT2D eigenvalue weighted by Crippen LogP contribution is 2.27. The van der Waals surface area contributed by atoms with E-state index in [1.165, 1.54) is 0 Å². The fourth-order valence-corrected chi connectivity index (χ4v) is 2.21. The first kappa shape index (κ1) is 14.9. The van der Waals surface area contributed by atoms with Crippen LogP contribution in [0.5, 0.6) is 5.75 Å². The second kappa shape index (κ2) is 6.31. The zero-order valence-corrected chi connectivity index (χ0v) is 12.5. The molecule has 0 spiro atoms. The summed E-state index contributed by atoms with van der Waals surface area (Å²) in [5.41, 5.74) is 3.47. The Morgan fingerprint density at radius 1 is 1.14 bits per heavy atom. The van der Waals surface area contributed by atoms with Gasteiger partial charge < -0.3 is 15.7 Å². The molecule has 0 aromatic heterocycles. The molecule has 0 saturated heterocycles. The quantitative estimate of drug-likeness (QED) is 0.807. The fraction of sp³-hybridized carbons (Fsp3) is 0.235. The Hall–Kier alpha value is -2.49. The van der Waals surface area contributed by atoms with Crippen LogP contribution in [0.1, 0.15) is 34.5 Å². The van der Waals surface area contributed by atoms with Crippen LogP contribution in [0.3, 0.4) is 0 Å². The fourth-order valence-electron chi connectivity index (χ4n) is 2.21. The summed E-state index contributed by atoms with van der Waals surface area (Å²) >= 11 is 0. The van der Waals surface area contributed by atoms with Gasteiger partial charge in [-0.25, -0.2) is 0 Å². The summed E-state index contributed by atoms with van der Waals surface area (Å²) in [6.07, 6.45) is 0. The van der Waals surface area contributed by atoms with Crippen molar-refractivity contribution in [2.75, 3.05) is 12.4 Å². The van der Waals surface area contributed by atoms with Gasteiger partial charge in [0.1, 0.15) is 5.75 Å². The molecular weight excluding hydrogens is 264 g/mol. The van der Waals surface area contributed by atoms with Crippen molar-refractivity contribution in [3.05, 3.63) is 59.2 Å². The van der Waals surface area contributed by atoms with E-state index in [4.69, 9.17) is 0 Å². The largest absolute Gasteiger partial charge is 0.508 e. The number of amides is 1. The Morgan fingerprint density at radius 3 is 2.43 bits per heavy atom. The van der Waals surface area contributed by atoms with Crippen molar-refractivity contribution >= 4 is 11.6 Å². The lowest BCUT2D eigenvalue weighted by molar-refractivity contribution is 0.0963. The highest BCUT2D eigenvalue weighted by molar-refractivity contribution is 5.94. The first-order valence-corrected chi connectivity index (χ1v) is 6.89. The molecule has 0 saturated carbocycles. The highest BCUT2D eigenvalue weighted by atomic mass is 16.3. The van der Waals surface area contributed by atoms with Crippen LogP contribution in [-0.4, -0.2) is 18.1 Å². The summed E-state index contributed by atoms with van der Waals surface area (Å²) < 4.78 is 0. The third-order valence-electron chi connectivity index (χ3n) is 3.41. The van der Waals surface area contributed by atoms with Crippen molar-refractivity contribution in [3.63, 3.8) is 0 Å². The molecule has 0 aliphatic carbocycles. The molecule has 4 nitrogen and oxygen atoms in total. The lowest BCUT2D eigenvalue weighted by Gasteiger charge is -2.17. The topological polar surface area (TPSA) is 61.4 Å². The van der Waals surface area contributed by atoms with Crippen LogP contribution in [0.15, 0.2) is 42.5 Å². The zero-order chi connectivity index (χ0) is 15.4. The van der Waals surface area contributed by atoms with Crippen molar-refractivity contribution < 1.29 is 9.90 Å². The zero-order valence-electron chi connectivity index (χ0n) is 12.5. The van der Waals surface area contributed by atoms with Crippen molar-refractivity contribution in [1.82, 2.24) is 5.32 Å². The molecule has 0 aliphatic heterocycles. The normalized spacial score (nSPS) is 11.8. The van der Waals surface area contributed by atoms with E-state index in [1.807, 2.05) is 38.1 Å². The third-order valence-corrected chi connectivity index (χ3v) is 3.41. The number of nitrogens with one attached hydrogen (secondary N) is 2. The molecule has 0 aliphatic rings. The molecule has 2 rings (SSSR count). The Labute approximate surface area is 124 Å². The van der Waals surface area contributed by atoms with Gasteiger partial charge in [-0.3, -0.25) is 4.79 Å². The van der Waals surface area contributed by atoms with Gasteiger partial charge in [0.25, 0.3) is 5.91 Å². The van der Waals surface area contributed by atoms with Crippen molar-refractivity contribution in [2.45, 2.75) is 19.9 Å². The number of phenolic OH excluding ortho intramolecular Hbond substituents is 1. The number of aromatic hydroxyl groups is 1. The number of rotatable bonds is 4. The molecule has 3 N–H and O–H groups in total. The van der Waals surface area contributed by atoms with Crippen LogP contribution in [0, 0.1) is 6.92 Å². The van der Waals surface area contributed by atoms with Crippen LogP contribution in [0.25, 0.3) is 0 Å². The number of hydrogen-bond donors (Lipinski definition) is 3. The van der Waals surface area contributed by atoms with Crippen LogP contribution in [-0.2, 0) is 0 Å². The monoisotopic (exact) mass is 284 g/mol. The summed E-state index contributed by atoms with van der Waals surface area (Å²) in [4.78, 5) is 11.5. The maximum Gasteiger partial charge on any atom is 0.251 e. The Morgan fingerprint density at radius 2 is 1.81 bits per heavy atom. The van der Waals surface area contributed by atoms with Crippen LogP contribution >= 0.6 is 0 Å². The Balaban J connectivity index is 2.14. The van der Waals surface area contributed by atoms with E-state index in [9.17, 15) is 9.90 Å². The van der Waals surface area contributed by atoms with Crippen LogP contribution in [0.4, 0.5) is 5.69 Å². The highest BCUT2D eigenvalue weighted by Gasteiger charge is 2.11. The molecule has 21 heavy (non-hydrogen) atoms. The van der Waals surface area contributed by atoms with E-state index in [-0.39, 0.29) is 17.7 Å². The molecule has 2 aromatic rings. The van der Waals surface area contributed by atoms with Crippen molar-refractivity contribution in [3.8, 4) is 5.75 Å². The van der Waals surface area contributed by atoms with Gasteiger partial charge in [-0.05, 0) is 44.2 Å². The number of aryl methyl sites for hydroxylation is 1. The average Bonchev–Trinajstić information content (AvgIpc) is 2.49. The molecule has 110 valence electrons. The van der Waals surface area contributed by atoms with Gasteiger partial charge in [-0.1, -0.05) is 17.7 Å². The minimum atomic E-state index is -0.106. The maximum absolute atomic E-state index is 11.5. The Bertz CT molecular complexity index is 636. The number of phenols is 1. The lowest BCUT2D eigenvalue weighted by atomic mass is 10.0. The summed E-state index contributed by atoms with van der Waals surface area (Å²) in [6.45, 7) is 3.98. The van der Waals surface area contributed by atoms with Crippen LogP contribution in [0.2, 0.25) is 0 Å². The number of hydrogen-bond acceptors (Lipinski definition) is 3. The maximum atomic E-state index is 11.5. The van der Waals surface area contributed by atoms with Crippen molar-refractivity contribution in [1.29, 1.82) is 0 Å². The lowest BCUT2D eigenvalue weighted by Crippen LogP contribution is -2.17. The molecule has 2 aromatic carbocycles. The molecule has 1 atom stereocenters. The summed E-state index contributed by atoms with van der Waals surface area (Å²) in [7, 11) is 1.61. The minimum absolute atomic E-state index is 0.0317. The summed E-state index contributed by atoms with van der Waals surface area (Å²) in [6, 6.07) is 12.8. The van der Waals surface area contributed by atoms with Gasteiger partial charge in [0.05, 0.1) is 6.04 Å². The standard InChI is InChI=1S/C17H20N2O2/c1-11-4-9-16(20)15(10-11)12(2)19-14-7-5-13(6-8-14)17(21)18-3/h4-10,12,19-20H,1-3H3,(H,18,21). The molecule has 4 heteroatoms. The summed E-state index contributed by atoms with van der Waals surface area (Å²) in [5.74, 6) is 0.175.